The van der Waals surface area contributed by atoms with E-state index in [1.54, 1.807) is 9.58 Å². The molecule has 162 valence electrons. The third kappa shape index (κ3) is 5.60. The highest BCUT2D eigenvalue weighted by Crippen LogP contribution is 2.26. The van der Waals surface area contributed by atoms with Gasteiger partial charge >= 0.3 is 0 Å². The summed E-state index contributed by atoms with van der Waals surface area (Å²) in [7, 11) is 0. The molecule has 1 N–H and O–H groups in total. The van der Waals surface area contributed by atoms with Gasteiger partial charge in [-0.15, -0.1) is 0 Å². The van der Waals surface area contributed by atoms with E-state index in [1.165, 1.54) is 6.92 Å². The van der Waals surface area contributed by atoms with E-state index >= 15 is 0 Å². The number of benzene rings is 2. The van der Waals surface area contributed by atoms with Crippen LogP contribution in [0.25, 0.3) is 16.9 Å². The average Bonchev–Trinajstić information content (AvgIpc) is 3.15. The molecule has 2 amide bonds. The van der Waals surface area contributed by atoms with Crippen LogP contribution in [0.5, 0.6) is 0 Å². The lowest BCUT2D eigenvalue weighted by atomic mass is 10.1. The van der Waals surface area contributed by atoms with E-state index in [2.05, 4.69) is 18.3 Å². The first-order valence-electron chi connectivity index (χ1n) is 10.7. The van der Waals surface area contributed by atoms with Crippen LogP contribution in [-0.4, -0.2) is 39.6 Å². The van der Waals surface area contributed by atoms with Crippen LogP contribution in [0.3, 0.4) is 0 Å². The number of unbranched alkanes of at least 4 members (excludes halogenated alkanes) is 1. The Morgan fingerprint density at radius 1 is 1.06 bits per heavy atom. The SMILES string of the molecule is CCCCN(CC(=O)Nc1cc(-c2ccccc2)nn1-c1ccc(C)cc1C)C(C)=O. The van der Waals surface area contributed by atoms with Gasteiger partial charge in [-0.05, 0) is 31.9 Å². The van der Waals surface area contributed by atoms with Crippen LogP contribution < -0.4 is 5.32 Å². The Balaban J connectivity index is 1.93. The summed E-state index contributed by atoms with van der Waals surface area (Å²) in [5, 5.41) is 7.75. The molecule has 1 heterocycles. The van der Waals surface area contributed by atoms with Gasteiger partial charge < -0.3 is 10.2 Å². The molecule has 0 spiro atoms. The van der Waals surface area contributed by atoms with Gasteiger partial charge in [-0.25, -0.2) is 4.68 Å². The normalized spacial score (nSPS) is 10.7. The van der Waals surface area contributed by atoms with Crippen LogP contribution in [0.4, 0.5) is 5.82 Å². The molecule has 0 aliphatic rings. The Kier molecular flexibility index (Phi) is 7.23. The van der Waals surface area contributed by atoms with Crippen molar-refractivity contribution in [1.82, 2.24) is 14.7 Å². The third-order valence-corrected chi connectivity index (χ3v) is 5.19. The number of aryl methyl sites for hydroxylation is 2. The van der Waals surface area contributed by atoms with Gasteiger partial charge in [0.2, 0.25) is 11.8 Å². The number of hydrogen-bond donors (Lipinski definition) is 1. The maximum Gasteiger partial charge on any atom is 0.245 e. The molecule has 0 aliphatic heterocycles. The van der Waals surface area contributed by atoms with Crippen molar-refractivity contribution in [3.05, 3.63) is 65.7 Å². The molecular weight excluding hydrogens is 388 g/mol. The van der Waals surface area contributed by atoms with E-state index in [-0.39, 0.29) is 18.4 Å². The van der Waals surface area contributed by atoms with Crippen LogP contribution >= 0.6 is 0 Å². The second-order valence-electron chi connectivity index (χ2n) is 7.82. The standard InChI is InChI=1S/C25H30N4O2/c1-5-6-14-28(20(4)30)17-25(31)26-24-16-22(21-10-8-7-9-11-21)27-29(24)23-13-12-18(2)15-19(23)3/h7-13,15-16H,5-6,14,17H2,1-4H3,(H,26,31). The van der Waals surface area contributed by atoms with Crippen LogP contribution in [-0.2, 0) is 9.59 Å². The molecule has 0 bridgehead atoms. The van der Waals surface area contributed by atoms with Crippen LogP contribution in [0.15, 0.2) is 54.6 Å². The molecule has 0 atom stereocenters. The maximum absolute atomic E-state index is 12.8. The van der Waals surface area contributed by atoms with E-state index in [1.807, 2.05) is 62.4 Å². The highest BCUT2D eigenvalue weighted by atomic mass is 16.2. The van der Waals surface area contributed by atoms with Gasteiger partial charge in [0.05, 0.1) is 17.9 Å². The minimum absolute atomic E-state index is 0.0219. The molecule has 3 aromatic rings. The van der Waals surface area contributed by atoms with Crippen LogP contribution in [0.1, 0.15) is 37.8 Å². The second-order valence-corrected chi connectivity index (χ2v) is 7.82. The number of rotatable bonds is 8. The highest BCUT2D eigenvalue weighted by Gasteiger charge is 2.18. The van der Waals surface area contributed by atoms with Crippen molar-refractivity contribution >= 4 is 17.6 Å². The first-order valence-corrected chi connectivity index (χ1v) is 10.7. The summed E-state index contributed by atoms with van der Waals surface area (Å²) in [6, 6.07) is 17.9. The molecule has 0 aliphatic carbocycles. The lowest BCUT2D eigenvalue weighted by Crippen LogP contribution is -2.37. The van der Waals surface area contributed by atoms with Crippen molar-refractivity contribution < 1.29 is 9.59 Å². The monoisotopic (exact) mass is 418 g/mol. The Hall–Kier alpha value is -3.41. The fraction of sp³-hybridized carbons (Fsp3) is 0.320. The third-order valence-electron chi connectivity index (χ3n) is 5.19. The maximum atomic E-state index is 12.8. The van der Waals surface area contributed by atoms with E-state index in [0.717, 1.165) is 40.9 Å². The molecule has 1 aromatic heterocycles. The van der Waals surface area contributed by atoms with Gasteiger partial charge in [0.1, 0.15) is 5.82 Å². The molecule has 3 rings (SSSR count). The predicted molar refractivity (Wildman–Crippen MR) is 124 cm³/mol. The molecule has 6 nitrogen and oxygen atoms in total. The minimum atomic E-state index is -0.239. The molecule has 31 heavy (non-hydrogen) atoms. The number of carbonyl (C=O) groups excluding carboxylic acids is 2. The van der Waals surface area contributed by atoms with Crippen molar-refractivity contribution in [2.75, 3.05) is 18.4 Å². The summed E-state index contributed by atoms with van der Waals surface area (Å²) >= 11 is 0. The molecule has 0 unspecified atom stereocenters. The summed E-state index contributed by atoms with van der Waals surface area (Å²) in [5.74, 6) is 0.239. The zero-order valence-corrected chi connectivity index (χ0v) is 18.7. The van der Waals surface area contributed by atoms with Crippen molar-refractivity contribution in [3.8, 4) is 16.9 Å². The largest absolute Gasteiger partial charge is 0.334 e. The fourth-order valence-electron chi connectivity index (χ4n) is 3.50. The van der Waals surface area contributed by atoms with Gasteiger partial charge in [-0.3, -0.25) is 9.59 Å². The number of aromatic nitrogens is 2. The lowest BCUT2D eigenvalue weighted by Gasteiger charge is -2.20. The Labute approximate surface area is 183 Å². The number of anilines is 1. The first-order chi connectivity index (χ1) is 14.9. The summed E-state index contributed by atoms with van der Waals surface area (Å²) in [4.78, 5) is 26.3. The Bertz CT molecular complexity index is 1060. The molecule has 0 saturated carbocycles. The van der Waals surface area contributed by atoms with Gasteiger partial charge in [0.15, 0.2) is 0 Å². The zero-order chi connectivity index (χ0) is 22.4. The summed E-state index contributed by atoms with van der Waals surface area (Å²) in [5.41, 5.74) is 4.86. The van der Waals surface area contributed by atoms with Gasteiger partial charge in [-0.2, -0.15) is 5.10 Å². The number of nitrogens with one attached hydrogen (secondary N) is 1. The topological polar surface area (TPSA) is 67.2 Å². The zero-order valence-electron chi connectivity index (χ0n) is 18.7. The first kappa shape index (κ1) is 22.3. The summed E-state index contributed by atoms with van der Waals surface area (Å²) in [6.45, 7) is 8.23. The average molecular weight is 419 g/mol. The summed E-state index contributed by atoms with van der Waals surface area (Å²) < 4.78 is 1.76. The second kappa shape index (κ2) is 10.1. The summed E-state index contributed by atoms with van der Waals surface area (Å²) in [6.07, 6.45) is 1.83. The van der Waals surface area contributed by atoms with Gasteiger partial charge in [0.25, 0.3) is 0 Å². The number of nitrogens with zero attached hydrogens (tertiary/aromatic N) is 3. The Morgan fingerprint density at radius 2 is 1.81 bits per heavy atom. The molecule has 6 heteroatoms. The fourth-order valence-corrected chi connectivity index (χ4v) is 3.50. The molecule has 0 saturated heterocycles. The van der Waals surface area contributed by atoms with Crippen molar-refractivity contribution in [2.24, 2.45) is 0 Å². The van der Waals surface area contributed by atoms with E-state index in [4.69, 9.17) is 5.10 Å². The van der Waals surface area contributed by atoms with Gasteiger partial charge in [0, 0.05) is 25.1 Å². The minimum Gasteiger partial charge on any atom is -0.334 e. The van der Waals surface area contributed by atoms with E-state index in [9.17, 15) is 9.59 Å². The van der Waals surface area contributed by atoms with Gasteiger partial charge in [-0.1, -0.05) is 61.4 Å². The highest BCUT2D eigenvalue weighted by molar-refractivity contribution is 5.94. The van der Waals surface area contributed by atoms with Crippen LogP contribution in [0.2, 0.25) is 0 Å². The van der Waals surface area contributed by atoms with E-state index < -0.39 is 0 Å². The number of hydrogen-bond acceptors (Lipinski definition) is 3. The molecular formula is C25H30N4O2. The Morgan fingerprint density at radius 3 is 2.45 bits per heavy atom. The van der Waals surface area contributed by atoms with E-state index in [0.29, 0.717) is 12.4 Å². The molecule has 0 fully saturated rings. The molecule has 2 aromatic carbocycles. The molecule has 0 radical (unpaired) electrons. The van der Waals surface area contributed by atoms with Crippen molar-refractivity contribution in [3.63, 3.8) is 0 Å². The number of amides is 2. The van der Waals surface area contributed by atoms with Crippen molar-refractivity contribution in [1.29, 1.82) is 0 Å². The van der Waals surface area contributed by atoms with Crippen molar-refractivity contribution in [2.45, 2.75) is 40.5 Å². The lowest BCUT2D eigenvalue weighted by molar-refractivity contribution is -0.132. The quantitative estimate of drug-likeness (QED) is 0.574. The number of carbonyl (C=O) groups is 2. The smallest absolute Gasteiger partial charge is 0.245 e. The predicted octanol–water partition coefficient (Wildman–Crippen LogP) is 4.74. The van der Waals surface area contributed by atoms with Crippen LogP contribution in [0, 0.1) is 13.8 Å².